The fourth-order valence-electron chi connectivity index (χ4n) is 2.80. The second-order valence-corrected chi connectivity index (χ2v) is 6.49. The van der Waals surface area contributed by atoms with Crippen LogP contribution in [0.15, 0.2) is 36.5 Å². The molecule has 0 saturated heterocycles. The summed E-state index contributed by atoms with van der Waals surface area (Å²) in [5.41, 5.74) is 3.19. The van der Waals surface area contributed by atoms with Gasteiger partial charge in [0, 0.05) is 11.2 Å². The normalized spacial score (nSPS) is 10.8. The Hall–Kier alpha value is -3.13. The van der Waals surface area contributed by atoms with E-state index in [1.165, 1.54) is 12.3 Å². The zero-order valence-corrected chi connectivity index (χ0v) is 15.6. The predicted octanol–water partition coefficient (Wildman–Crippen LogP) is 2.74. The van der Waals surface area contributed by atoms with E-state index in [9.17, 15) is 9.59 Å². The Kier molecular flexibility index (Phi) is 5.27. The topological polar surface area (TPSA) is 102 Å². The highest BCUT2D eigenvalue weighted by molar-refractivity contribution is 6.30. The Morgan fingerprint density at radius 3 is 2.70 bits per heavy atom. The zero-order valence-electron chi connectivity index (χ0n) is 14.8. The molecule has 1 aromatic carbocycles. The van der Waals surface area contributed by atoms with Crippen LogP contribution in [0.25, 0.3) is 0 Å². The molecule has 27 heavy (non-hydrogen) atoms. The highest BCUT2D eigenvalue weighted by Gasteiger charge is 2.19. The minimum Gasteiger partial charge on any atom is -0.480 e. The first-order chi connectivity index (χ1) is 12.8. The van der Waals surface area contributed by atoms with Crippen molar-refractivity contribution in [3.8, 4) is 0 Å². The number of aryl methyl sites for hydroxylation is 1. The van der Waals surface area contributed by atoms with Crippen molar-refractivity contribution in [2.24, 2.45) is 0 Å². The van der Waals surface area contributed by atoms with Crippen LogP contribution in [0.5, 0.6) is 0 Å². The largest absolute Gasteiger partial charge is 0.480 e. The Morgan fingerprint density at radius 1 is 1.22 bits per heavy atom. The zero-order chi connectivity index (χ0) is 19.6. The summed E-state index contributed by atoms with van der Waals surface area (Å²) in [6.07, 6.45) is 1.39. The lowest BCUT2D eigenvalue weighted by atomic mass is 10.2. The molecule has 3 rings (SSSR count). The molecule has 0 fully saturated rings. The lowest BCUT2D eigenvalue weighted by Crippen LogP contribution is -2.21. The maximum atomic E-state index is 12.6. The van der Waals surface area contributed by atoms with Gasteiger partial charge in [0.25, 0.3) is 5.91 Å². The molecule has 0 unspecified atom stereocenters. The van der Waals surface area contributed by atoms with E-state index in [0.717, 1.165) is 15.9 Å². The van der Waals surface area contributed by atoms with E-state index < -0.39 is 11.9 Å². The summed E-state index contributed by atoms with van der Waals surface area (Å²) < 4.78 is 2.92. The minimum atomic E-state index is -1.07. The standard InChI is InChI=1S/C18H18ClN5O3/c1-11-17(21-18(27)15-6-7-20-24(15)10-16(25)26)12(2)23(22-11)9-13-4-3-5-14(19)8-13/h3-8H,9-10H2,1-2H3,(H,21,27)(H,25,26). The summed E-state index contributed by atoms with van der Waals surface area (Å²) in [7, 11) is 0. The van der Waals surface area contributed by atoms with Gasteiger partial charge in [0.15, 0.2) is 0 Å². The number of carboxylic acid groups (broad SMARTS) is 1. The molecule has 0 bridgehead atoms. The summed E-state index contributed by atoms with van der Waals surface area (Å²) in [6.45, 7) is 3.78. The molecule has 0 radical (unpaired) electrons. The number of hydrogen-bond acceptors (Lipinski definition) is 4. The number of nitrogens with one attached hydrogen (secondary N) is 1. The lowest BCUT2D eigenvalue weighted by molar-refractivity contribution is -0.137. The van der Waals surface area contributed by atoms with Crippen molar-refractivity contribution in [3.05, 3.63) is 64.2 Å². The molecule has 9 heteroatoms. The van der Waals surface area contributed by atoms with Gasteiger partial charge < -0.3 is 10.4 Å². The summed E-state index contributed by atoms with van der Waals surface area (Å²) >= 11 is 6.03. The van der Waals surface area contributed by atoms with E-state index in [1.54, 1.807) is 17.7 Å². The molecule has 0 atom stereocenters. The Labute approximate surface area is 160 Å². The van der Waals surface area contributed by atoms with Crippen molar-refractivity contribution in [1.82, 2.24) is 19.6 Å². The number of hydrogen-bond donors (Lipinski definition) is 2. The number of aliphatic carboxylic acids is 1. The molecule has 2 N–H and O–H groups in total. The van der Waals surface area contributed by atoms with Gasteiger partial charge in [-0.25, -0.2) is 4.68 Å². The molecular formula is C18H18ClN5O3. The number of carboxylic acids is 1. The van der Waals surface area contributed by atoms with Crippen molar-refractivity contribution in [3.63, 3.8) is 0 Å². The smallest absolute Gasteiger partial charge is 0.325 e. The van der Waals surface area contributed by atoms with E-state index in [-0.39, 0.29) is 12.2 Å². The second kappa shape index (κ2) is 7.63. The molecule has 2 aromatic heterocycles. The van der Waals surface area contributed by atoms with Crippen LogP contribution in [-0.4, -0.2) is 36.5 Å². The number of carbonyl (C=O) groups is 2. The fourth-order valence-corrected chi connectivity index (χ4v) is 3.01. The van der Waals surface area contributed by atoms with E-state index in [4.69, 9.17) is 16.7 Å². The molecule has 8 nitrogen and oxygen atoms in total. The molecule has 0 aliphatic carbocycles. The molecule has 2 heterocycles. The van der Waals surface area contributed by atoms with E-state index in [0.29, 0.717) is 22.9 Å². The average Bonchev–Trinajstić information content (AvgIpc) is 3.14. The summed E-state index contributed by atoms with van der Waals surface area (Å²) in [4.78, 5) is 23.5. The average molecular weight is 388 g/mol. The van der Waals surface area contributed by atoms with Gasteiger partial charge in [0.1, 0.15) is 12.2 Å². The fraction of sp³-hybridized carbons (Fsp3) is 0.222. The highest BCUT2D eigenvalue weighted by Crippen LogP contribution is 2.22. The quantitative estimate of drug-likeness (QED) is 0.677. The number of carbonyl (C=O) groups excluding carboxylic acids is 1. The first-order valence-electron chi connectivity index (χ1n) is 8.18. The number of benzene rings is 1. The molecule has 1 amide bonds. The van der Waals surface area contributed by atoms with Gasteiger partial charge in [-0.15, -0.1) is 0 Å². The van der Waals surface area contributed by atoms with Gasteiger partial charge in [-0.1, -0.05) is 23.7 Å². The first kappa shape index (κ1) is 18.7. The maximum Gasteiger partial charge on any atom is 0.325 e. The van der Waals surface area contributed by atoms with Gasteiger partial charge in [0.2, 0.25) is 0 Å². The number of nitrogens with zero attached hydrogens (tertiary/aromatic N) is 4. The SMILES string of the molecule is Cc1nn(Cc2cccc(Cl)c2)c(C)c1NC(=O)c1ccnn1CC(=O)O. The first-order valence-corrected chi connectivity index (χ1v) is 8.56. The third-order valence-electron chi connectivity index (χ3n) is 4.08. The number of aromatic nitrogens is 4. The third kappa shape index (κ3) is 4.17. The van der Waals surface area contributed by atoms with Crippen molar-refractivity contribution in [2.75, 3.05) is 5.32 Å². The van der Waals surface area contributed by atoms with Gasteiger partial charge >= 0.3 is 5.97 Å². The third-order valence-corrected chi connectivity index (χ3v) is 4.31. The second-order valence-electron chi connectivity index (χ2n) is 6.06. The molecule has 0 aliphatic heterocycles. The van der Waals surface area contributed by atoms with Crippen LogP contribution in [0.2, 0.25) is 5.02 Å². The molecular weight excluding hydrogens is 370 g/mol. The Balaban J connectivity index is 1.82. The summed E-state index contributed by atoms with van der Waals surface area (Å²) in [5.74, 6) is -1.52. The van der Waals surface area contributed by atoms with Gasteiger partial charge in [-0.05, 0) is 37.6 Å². The van der Waals surface area contributed by atoms with Crippen LogP contribution in [0.4, 0.5) is 5.69 Å². The summed E-state index contributed by atoms with van der Waals surface area (Å²) in [5, 5.41) is 20.7. The van der Waals surface area contributed by atoms with Gasteiger partial charge in [-0.3, -0.25) is 14.3 Å². The minimum absolute atomic E-state index is 0.166. The molecule has 140 valence electrons. The number of anilines is 1. The van der Waals surface area contributed by atoms with Crippen molar-refractivity contribution in [2.45, 2.75) is 26.9 Å². The van der Waals surface area contributed by atoms with Crippen LogP contribution in [-0.2, 0) is 17.9 Å². The number of halogens is 1. The van der Waals surface area contributed by atoms with Crippen molar-refractivity contribution >= 4 is 29.2 Å². The Morgan fingerprint density at radius 2 is 2.00 bits per heavy atom. The summed E-state index contributed by atoms with van der Waals surface area (Å²) in [6, 6.07) is 8.96. The predicted molar refractivity (Wildman–Crippen MR) is 100 cm³/mol. The Bertz CT molecular complexity index is 1010. The van der Waals surface area contributed by atoms with Crippen molar-refractivity contribution < 1.29 is 14.7 Å². The number of amides is 1. The van der Waals surface area contributed by atoms with Gasteiger partial charge in [0.05, 0.1) is 23.6 Å². The van der Waals surface area contributed by atoms with E-state index >= 15 is 0 Å². The van der Waals surface area contributed by atoms with Crippen LogP contribution in [0.3, 0.4) is 0 Å². The maximum absolute atomic E-state index is 12.6. The number of rotatable bonds is 6. The van der Waals surface area contributed by atoms with Crippen LogP contribution in [0.1, 0.15) is 27.4 Å². The molecule has 0 aliphatic rings. The van der Waals surface area contributed by atoms with Gasteiger partial charge in [-0.2, -0.15) is 10.2 Å². The molecule has 0 spiro atoms. The van der Waals surface area contributed by atoms with Crippen molar-refractivity contribution in [1.29, 1.82) is 0 Å². The monoisotopic (exact) mass is 387 g/mol. The lowest BCUT2D eigenvalue weighted by Gasteiger charge is -2.08. The molecule has 3 aromatic rings. The van der Waals surface area contributed by atoms with Crippen LogP contribution >= 0.6 is 11.6 Å². The van der Waals surface area contributed by atoms with E-state index in [2.05, 4.69) is 15.5 Å². The van der Waals surface area contributed by atoms with Crippen LogP contribution < -0.4 is 5.32 Å². The van der Waals surface area contributed by atoms with E-state index in [1.807, 2.05) is 25.1 Å². The highest BCUT2D eigenvalue weighted by atomic mass is 35.5. The molecule has 0 saturated carbocycles. The van der Waals surface area contributed by atoms with Crippen LogP contribution in [0, 0.1) is 13.8 Å².